The van der Waals surface area contributed by atoms with Gasteiger partial charge in [-0.15, -0.1) is 0 Å². The van der Waals surface area contributed by atoms with Crippen LogP contribution in [0.1, 0.15) is 72.6 Å². The number of amides is 2. The minimum Gasteiger partial charge on any atom is -0.469 e. The molecule has 1 saturated heterocycles. The topological polar surface area (TPSA) is 145 Å². The smallest absolute Gasteiger partial charge is 0.410 e. The Bertz CT molecular complexity index is 1710. The zero-order valence-electron chi connectivity index (χ0n) is 24.3. The lowest BCUT2D eigenvalue weighted by Crippen LogP contribution is -2.42. The molecule has 3 heterocycles. The van der Waals surface area contributed by atoms with Crippen LogP contribution in [0.25, 0.3) is 11.3 Å². The fourth-order valence-electron chi connectivity index (χ4n) is 5.75. The van der Waals surface area contributed by atoms with E-state index in [1.54, 1.807) is 35.4 Å². The molecular formula is C33H30FN5O5. The Morgan fingerprint density at radius 3 is 2.61 bits per heavy atom. The summed E-state index contributed by atoms with van der Waals surface area (Å²) < 4.78 is 25.7. The summed E-state index contributed by atoms with van der Waals surface area (Å²) in [7, 11) is 1.32. The molecule has 2 amide bonds. The van der Waals surface area contributed by atoms with Crippen molar-refractivity contribution in [1.29, 1.82) is 10.5 Å². The number of benzene rings is 2. The van der Waals surface area contributed by atoms with Gasteiger partial charge in [0.05, 0.1) is 48.1 Å². The number of hydrogen-bond donors (Lipinski definition) is 1. The normalized spacial score (nSPS) is 20.0. The van der Waals surface area contributed by atoms with Gasteiger partial charge in [-0.2, -0.15) is 10.5 Å². The van der Waals surface area contributed by atoms with E-state index in [9.17, 15) is 24.9 Å². The number of halogens is 1. The summed E-state index contributed by atoms with van der Waals surface area (Å²) in [4.78, 5) is 44.7. The highest BCUT2D eigenvalue weighted by molar-refractivity contribution is 5.96. The van der Waals surface area contributed by atoms with Gasteiger partial charge in [-0.3, -0.25) is 14.6 Å². The van der Waals surface area contributed by atoms with Crippen LogP contribution in [0.4, 0.5) is 14.9 Å². The van der Waals surface area contributed by atoms with E-state index in [0.717, 1.165) is 5.56 Å². The summed E-state index contributed by atoms with van der Waals surface area (Å²) >= 11 is 0. The largest absolute Gasteiger partial charge is 0.469 e. The molecule has 1 N–H and O–H groups in total. The molecule has 3 aromatic rings. The minimum absolute atomic E-state index is 0.0122. The number of methoxy groups -OCH3 is 1. The fourth-order valence-corrected chi connectivity index (χ4v) is 5.75. The molecule has 5 rings (SSSR count). The second-order valence-electron chi connectivity index (χ2n) is 10.9. The first-order chi connectivity index (χ1) is 21.2. The monoisotopic (exact) mass is 595 g/mol. The molecule has 1 fully saturated rings. The number of ether oxygens (including phenoxy) is 2. The van der Waals surface area contributed by atoms with Crippen LogP contribution in [-0.4, -0.2) is 41.5 Å². The molecule has 1 aromatic heterocycles. The number of nitriles is 2. The van der Waals surface area contributed by atoms with Crippen molar-refractivity contribution >= 4 is 23.7 Å². The van der Waals surface area contributed by atoms with Gasteiger partial charge >= 0.3 is 12.1 Å². The third-order valence-corrected chi connectivity index (χ3v) is 8.15. The van der Waals surface area contributed by atoms with Crippen LogP contribution in [0, 0.1) is 34.4 Å². The number of carbonyl (C=O) groups excluding carboxylic acids is 3. The fraction of sp³-hybridized carbons (Fsp3) is 0.333. The Balaban J connectivity index is 1.49. The van der Waals surface area contributed by atoms with Crippen molar-refractivity contribution in [2.45, 2.75) is 51.2 Å². The highest BCUT2D eigenvalue weighted by atomic mass is 19.1. The Labute approximate surface area is 254 Å². The van der Waals surface area contributed by atoms with E-state index in [4.69, 9.17) is 9.47 Å². The van der Waals surface area contributed by atoms with Gasteiger partial charge in [0.15, 0.2) is 0 Å². The van der Waals surface area contributed by atoms with E-state index in [1.165, 1.54) is 19.2 Å². The van der Waals surface area contributed by atoms with Gasteiger partial charge in [0.2, 0.25) is 5.91 Å². The molecule has 0 spiro atoms. The van der Waals surface area contributed by atoms with Crippen LogP contribution >= 0.6 is 0 Å². The van der Waals surface area contributed by atoms with Gasteiger partial charge in [-0.25, -0.2) is 9.18 Å². The third kappa shape index (κ3) is 6.09. The van der Waals surface area contributed by atoms with Crippen LogP contribution in [0.5, 0.6) is 0 Å². The average Bonchev–Trinajstić information content (AvgIpc) is 3.02. The van der Waals surface area contributed by atoms with Gasteiger partial charge in [0.25, 0.3) is 0 Å². The van der Waals surface area contributed by atoms with E-state index < -0.39 is 30.0 Å². The number of anilines is 1. The summed E-state index contributed by atoms with van der Waals surface area (Å²) in [6.07, 6.45) is 1.93. The molecule has 3 atom stereocenters. The van der Waals surface area contributed by atoms with Crippen LogP contribution in [0.15, 0.2) is 48.7 Å². The molecule has 2 bridgehead atoms. The molecule has 0 radical (unpaired) electrons. The van der Waals surface area contributed by atoms with Crippen molar-refractivity contribution in [3.63, 3.8) is 0 Å². The molecule has 10 nitrogen and oxygen atoms in total. The zero-order valence-corrected chi connectivity index (χ0v) is 24.3. The molecule has 0 aliphatic carbocycles. The van der Waals surface area contributed by atoms with Crippen LogP contribution in [0.3, 0.4) is 0 Å². The number of nitrogens with zero attached hydrogens (tertiary/aromatic N) is 4. The van der Waals surface area contributed by atoms with Gasteiger partial charge in [-0.05, 0) is 54.3 Å². The first-order valence-corrected chi connectivity index (χ1v) is 14.3. The number of fused-ring (bicyclic) bond motifs is 4. The average molecular weight is 596 g/mol. The second kappa shape index (κ2) is 12.9. The molecule has 224 valence electrons. The Morgan fingerprint density at radius 2 is 1.89 bits per heavy atom. The van der Waals surface area contributed by atoms with Crippen molar-refractivity contribution < 1.29 is 28.2 Å². The Morgan fingerprint density at radius 1 is 1.11 bits per heavy atom. The summed E-state index contributed by atoms with van der Waals surface area (Å²) in [6.45, 7) is 2.05. The summed E-state index contributed by atoms with van der Waals surface area (Å²) in [6, 6.07) is 14.9. The van der Waals surface area contributed by atoms with E-state index in [2.05, 4.69) is 10.3 Å². The van der Waals surface area contributed by atoms with Crippen molar-refractivity contribution in [3.05, 3.63) is 82.3 Å². The molecule has 0 unspecified atom stereocenters. The van der Waals surface area contributed by atoms with E-state index >= 15 is 4.39 Å². The van der Waals surface area contributed by atoms with Gasteiger partial charge in [-0.1, -0.05) is 25.5 Å². The first kappa shape index (κ1) is 30.2. The zero-order chi connectivity index (χ0) is 31.4. The van der Waals surface area contributed by atoms with Crippen molar-refractivity contribution in [2.75, 3.05) is 19.0 Å². The number of carbonyl (C=O) groups is 3. The standard InChI is InChI=1S/C33H30FN5O5/c1-19-4-3-5-27(39-13-11-28(44-33(39)42)30-22(17-35)7-8-23(18-36)31(30)34)21-10-12-37-25(16-21)24-9-6-20(15-29(40)43-2)14-26(24)38-32(19)41/h6-10,12,14,16,19,27-28H,3-5,11,13,15H2,1-2H3,(H,38,41)/t19-,27+,28-/m1/s1. The van der Waals surface area contributed by atoms with E-state index in [0.29, 0.717) is 41.8 Å². The lowest BCUT2D eigenvalue weighted by Gasteiger charge is -2.38. The maximum Gasteiger partial charge on any atom is 0.410 e. The van der Waals surface area contributed by atoms with Gasteiger partial charge < -0.3 is 19.7 Å². The van der Waals surface area contributed by atoms with Gasteiger partial charge in [0, 0.05) is 36.2 Å². The summed E-state index contributed by atoms with van der Waals surface area (Å²) in [5.41, 5.74) is 2.91. The Kier molecular flexibility index (Phi) is 8.86. The number of hydrogen-bond acceptors (Lipinski definition) is 8. The summed E-state index contributed by atoms with van der Waals surface area (Å²) in [5, 5.41) is 21.8. The Hall–Kier alpha value is -5.29. The number of aromatic nitrogens is 1. The minimum atomic E-state index is -1.02. The molecule has 44 heavy (non-hydrogen) atoms. The molecule has 11 heteroatoms. The van der Waals surface area contributed by atoms with Crippen LogP contribution in [-0.2, 0) is 25.5 Å². The summed E-state index contributed by atoms with van der Waals surface area (Å²) in [5.74, 6) is -1.77. The quantitative estimate of drug-likeness (QED) is 0.377. The second-order valence-corrected chi connectivity index (χ2v) is 10.9. The lowest BCUT2D eigenvalue weighted by molar-refractivity contribution is -0.139. The molecular weight excluding hydrogens is 565 g/mol. The maximum atomic E-state index is 15.1. The third-order valence-electron chi connectivity index (χ3n) is 8.15. The highest BCUT2D eigenvalue weighted by Gasteiger charge is 2.36. The van der Waals surface area contributed by atoms with E-state index in [1.807, 2.05) is 25.1 Å². The molecule has 0 saturated carbocycles. The molecule has 2 aliphatic heterocycles. The van der Waals surface area contributed by atoms with Crippen LogP contribution in [0.2, 0.25) is 0 Å². The lowest BCUT2D eigenvalue weighted by atomic mass is 9.92. The molecule has 2 aliphatic rings. The highest BCUT2D eigenvalue weighted by Crippen LogP contribution is 2.39. The van der Waals surface area contributed by atoms with Crippen molar-refractivity contribution in [3.8, 4) is 23.4 Å². The number of pyridine rings is 1. The predicted octanol–water partition coefficient (Wildman–Crippen LogP) is 5.73. The van der Waals surface area contributed by atoms with Crippen LogP contribution < -0.4 is 5.32 Å². The van der Waals surface area contributed by atoms with Gasteiger partial charge in [0.1, 0.15) is 18.0 Å². The van der Waals surface area contributed by atoms with E-state index in [-0.39, 0.29) is 47.9 Å². The maximum absolute atomic E-state index is 15.1. The number of cyclic esters (lactones) is 1. The van der Waals surface area contributed by atoms with Crippen molar-refractivity contribution in [1.82, 2.24) is 9.88 Å². The number of rotatable bonds is 4. The SMILES string of the molecule is COC(=O)Cc1ccc2c(c1)NC(=O)[C@H](C)CCC[C@H](N1CC[C@H](c3c(C#N)ccc(C#N)c3F)OC1=O)c1ccnc-2c1. The number of esters is 1. The predicted molar refractivity (Wildman–Crippen MR) is 156 cm³/mol. The number of nitrogens with one attached hydrogen (secondary N) is 1. The van der Waals surface area contributed by atoms with Crippen molar-refractivity contribution in [2.24, 2.45) is 5.92 Å². The first-order valence-electron chi connectivity index (χ1n) is 14.3. The molecule has 2 aromatic carbocycles.